The molecule has 1 aromatic heterocycles. The van der Waals surface area contributed by atoms with Crippen LogP contribution < -0.4 is 5.73 Å². The van der Waals surface area contributed by atoms with Crippen LogP contribution in [-0.4, -0.2) is 16.1 Å². The van der Waals surface area contributed by atoms with E-state index in [4.69, 9.17) is 5.73 Å². The van der Waals surface area contributed by atoms with Crippen LogP contribution >= 0.6 is 0 Å². The summed E-state index contributed by atoms with van der Waals surface area (Å²) in [5.41, 5.74) is 6.08. The molecule has 4 saturated carbocycles. The number of imidazole rings is 1. The van der Waals surface area contributed by atoms with Crippen LogP contribution in [0.4, 0.5) is 0 Å². The Bertz CT molecular complexity index is 450. The van der Waals surface area contributed by atoms with Crippen LogP contribution in [0.5, 0.6) is 0 Å². The van der Waals surface area contributed by atoms with Gasteiger partial charge in [-0.05, 0) is 68.1 Å². The Balaban J connectivity index is 1.52. The van der Waals surface area contributed by atoms with Gasteiger partial charge in [0.15, 0.2) is 0 Å². The summed E-state index contributed by atoms with van der Waals surface area (Å²) in [5, 5.41) is 0. The lowest BCUT2D eigenvalue weighted by Gasteiger charge is -2.55. The topological polar surface area (TPSA) is 43.8 Å². The second-order valence-corrected chi connectivity index (χ2v) is 7.66. The molecule has 3 nitrogen and oxygen atoms in total. The van der Waals surface area contributed by atoms with E-state index in [1.165, 1.54) is 37.9 Å². The van der Waals surface area contributed by atoms with Gasteiger partial charge in [0, 0.05) is 31.9 Å². The molecule has 1 unspecified atom stereocenters. The zero-order valence-electron chi connectivity index (χ0n) is 12.5. The van der Waals surface area contributed by atoms with E-state index in [1.807, 2.05) is 6.20 Å². The first kappa shape index (κ1) is 12.9. The highest BCUT2D eigenvalue weighted by molar-refractivity contribution is 5.05. The molecule has 0 aromatic carbocycles. The van der Waals surface area contributed by atoms with Crippen LogP contribution in [0, 0.1) is 29.6 Å². The fourth-order valence-electron chi connectivity index (χ4n) is 5.83. The van der Waals surface area contributed by atoms with Crippen LogP contribution in [0.1, 0.15) is 50.3 Å². The van der Waals surface area contributed by atoms with Crippen LogP contribution in [-0.2, 0) is 7.05 Å². The molecule has 0 amide bonds. The van der Waals surface area contributed by atoms with Crippen molar-refractivity contribution in [2.75, 3.05) is 6.54 Å². The molecule has 0 radical (unpaired) electrons. The SMILES string of the molecule is Cn1ccnc1C(CN)CC1C2CC3CC(C2)CC1C3. The monoisotopic (exact) mass is 273 g/mol. The molecular weight excluding hydrogens is 246 g/mol. The van der Waals surface area contributed by atoms with E-state index in [-0.39, 0.29) is 0 Å². The van der Waals surface area contributed by atoms with E-state index in [0.717, 1.165) is 36.1 Å². The lowest BCUT2D eigenvalue weighted by atomic mass is 9.51. The Morgan fingerprint density at radius 3 is 2.35 bits per heavy atom. The Morgan fingerprint density at radius 1 is 1.20 bits per heavy atom. The van der Waals surface area contributed by atoms with Gasteiger partial charge in [-0.3, -0.25) is 0 Å². The smallest absolute Gasteiger partial charge is 0.112 e. The maximum Gasteiger partial charge on any atom is 0.112 e. The predicted octanol–water partition coefficient (Wildman–Crippen LogP) is 2.92. The second-order valence-electron chi connectivity index (χ2n) is 7.66. The zero-order valence-corrected chi connectivity index (χ0v) is 12.5. The fourth-order valence-corrected chi connectivity index (χ4v) is 5.83. The van der Waals surface area contributed by atoms with Gasteiger partial charge in [0.25, 0.3) is 0 Å². The number of hydrogen-bond acceptors (Lipinski definition) is 2. The molecule has 4 aliphatic rings. The number of aromatic nitrogens is 2. The third-order valence-electron chi connectivity index (χ3n) is 6.49. The van der Waals surface area contributed by atoms with Gasteiger partial charge in [0.1, 0.15) is 5.82 Å². The van der Waals surface area contributed by atoms with Gasteiger partial charge in [-0.2, -0.15) is 0 Å². The number of hydrogen-bond donors (Lipinski definition) is 1. The van der Waals surface area contributed by atoms with Crippen molar-refractivity contribution in [2.45, 2.75) is 44.4 Å². The van der Waals surface area contributed by atoms with Gasteiger partial charge in [0.05, 0.1) is 0 Å². The van der Waals surface area contributed by atoms with Crippen molar-refractivity contribution < 1.29 is 0 Å². The first-order chi connectivity index (χ1) is 9.74. The normalized spacial score (nSPS) is 40.2. The van der Waals surface area contributed by atoms with E-state index in [9.17, 15) is 0 Å². The summed E-state index contributed by atoms with van der Waals surface area (Å²) in [5.74, 6) is 6.71. The van der Waals surface area contributed by atoms with E-state index in [1.54, 1.807) is 6.42 Å². The summed E-state index contributed by atoms with van der Waals surface area (Å²) in [7, 11) is 2.10. The van der Waals surface area contributed by atoms with Crippen molar-refractivity contribution in [2.24, 2.45) is 42.4 Å². The molecule has 0 aliphatic heterocycles. The second kappa shape index (κ2) is 4.87. The van der Waals surface area contributed by atoms with Crippen molar-refractivity contribution in [1.82, 2.24) is 9.55 Å². The number of nitrogens with zero attached hydrogens (tertiary/aromatic N) is 2. The molecule has 20 heavy (non-hydrogen) atoms. The van der Waals surface area contributed by atoms with Gasteiger partial charge in [-0.25, -0.2) is 4.98 Å². The largest absolute Gasteiger partial charge is 0.338 e. The van der Waals surface area contributed by atoms with Crippen molar-refractivity contribution >= 4 is 0 Å². The number of rotatable bonds is 4. The fraction of sp³-hybridized carbons (Fsp3) is 0.824. The van der Waals surface area contributed by atoms with Crippen LogP contribution in [0.15, 0.2) is 12.4 Å². The van der Waals surface area contributed by atoms with Crippen molar-refractivity contribution in [1.29, 1.82) is 0 Å². The minimum Gasteiger partial charge on any atom is -0.338 e. The summed E-state index contributed by atoms with van der Waals surface area (Å²) >= 11 is 0. The summed E-state index contributed by atoms with van der Waals surface area (Å²) in [4.78, 5) is 4.55. The van der Waals surface area contributed by atoms with E-state index >= 15 is 0 Å². The van der Waals surface area contributed by atoms with Gasteiger partial charge in [-0.1, -0.05) is 0 Å². The van der Waals surface area contributed by atoms with Gasteiger partial charge in [0.2, 0.25) is 0 Å². The first-order valence-electron chi connectivity index (χ1n) is 8.41. The standard InChI is InChI=1S/C17H27N3/c1-20-3-2-19-17(20)15(10-18)9-16-13-5-11-4-12(7-13)8-14(16)6-11/h2-3,11-16H,4-10,18H2,1H3. The number of nitrogens with two attached hydrogens (primary N) is 1. The average molecular weight is 273 g/mol. The minimum atomic E-state index is 0.456. The molecule has 1 atom stereocenters. The molecule has 110 valence electrons. The van der Waals surface area contributed by atoms with Crippen LogP contribution in [0.3, 0.4) is 0 Å². The highest BCUT2D eigenvalue weighted by Crippen LogP contribution is 2.58. The lowest BCUT2D eigenvalue weighted by Crippen LogP contribution is -2.45. The lowest BCUT2D eigenvalue weighted by molar-refractivity contribution is -0.0422. The summed E-state index contributed by atoms with van der Waals surface area (Å²) in [6.07, 6.45) is 12.8. The molecule has 2 N–H and O–H groups in total. The highest BCUT2D eigenvalue weighted by Gasteiger charge is 2.48. The van der Waals surface area contributed by atoms with Crippen LogP contribution in [0.25, 0.3) is 0 Å². The summed E-state index contributed by atoms with van der Waals surface area (Å²) in [6, 6.07) is 0. The maximum absolute atomic E-state index is 6.08. The third kappa shape index (κ3) is 2.02. The summed E-state index contributed by atoms with van der Waals surface area (Å²) < 4.78 is 2.16. The third-order valence-corrected chi connectivity index (χ3v) is 6.49. The first-order valence-corrected chi connectivity index (χ1v) is 8.41. The maximum atomic E-state index is 6.08. The molecule has 4 bridgehead atoms. The Hall–Kier alpha value is -0.830. The van der Waals surface area contributed by atoms with Crippen molar-refractivity contribution in [3.05, 3.63) is 18.2 Å². The quantitative estimate of drug-likeness (QED) is 0.916. The predicted molar refractivity (Wildman–Crippen MR) is 80.2 cm³/mol. The number of aryl methyl sites for hydroxylation is 1. The van der Waals surface area contributed by atoms with E-state index in [0.29, 0.717) is 5.92 Å². The molecule has 1 aromatic rings. The highest BCUT2D eigenvalue weighted by atomic mass is 15.0. The Morgan fingerprint density at radius 2 is 1.85 bits per heavy atom. The van der Waals surface area contributed by atoms with Gasteiger partial charge < -0.3 is 10.3 Å². The zero-order chi connectivity index (χ0) is 13.7. The molecule has 4 fully saturated rings. The molecule has 5 rings (SSSR count). The van der Waals surface area contributed by atoms with Crippen molar-refractivity contribution in [3.8, 4) is 0 Å². The Labute approximate surface area is 122 Å². The van der Waals surface area contributed by atoms with Crippen molar-refractivity contribution in [3.63, 3.8) is 0 Å². The minimum absolute atomic E-state index is 0.456. The average Bonchev–Trinajstić information content (AvgIpc) is 2.84. The Kier molecular flexibility index (Phi) is 3.13. The molecular formula is C17H27N3. The van der Waals surface area contributed by atoms with E-state index in [2.05, 4.69) is 22.8 Å². The van der Waals surface area contributed by atoms with Gasteiger partial charge in [-0.15, -0.1) is 0 Å². The molecule has 0 saturated heterocycles. The molecule has 1 heterocycles. The molecule has 0 spiro atoms. The van der Waals surface area contributed by atoms with Crippen LogP contribution in [0.2, 0.25) is 0 Å². The summed E-state index contributed by atoms with van der Waals surface area (Å²) in [6.45, 7) is 0.744. The van der Waals surface area contributed by atoms with E-state index < -0.39 is 0 Å². The molecule has 3 heteroatoms. The van der Waals surface area contributed by atoms with Gasteiger partial charge >= 0.3 is 0 Å². The molecule has 4 aliphatic carbocycles.